The van der Waals surface area contributed by atoms with Crippen LogP contribution in [0.2, 0.25) is 0 Å². The third kappa shape index (κ3) is 2.82. The second-order valence-corrected chi connectivity index (χ2v) is 6.78. The van der Waals surface area contributed by atoms with Crippen LogP contribution >= 0.6 is 23.1 Å². The molecule has 22 heavy (non-hydrogen) atoms. The average molecular weight is 333 g/mol. The number of aliphatic carboxylic acids is 1. The summed E-state index contributed by atoms with van der Waals surface area (Å²) in [6, 6.07) is 6.14. The van der Waals surface area contributed by atoms with Gasteiger partial charge in [-0.2, -0.15) is 0 Å². The summed E-state index contributed by atoms with van der Waals surface area (Å²) in [6.07, 6.45) is 1.41. The molecule has 1 aromatic carbocycles. The third-order valence-electron chi connectivity index (χ3n) is 3.11. The first-order valence-electron chi connectivity index (χ1n) is 6.42. The van der Waals surface area contributed by atoms with Gasteiger partial charge in [0, 0.05) is 16.2 Å². The Bertz CT molecular complexity index is 833. The number of fused-ring (bicyclic) bond motifs is 1. The first kappa shape index (κ1) is 14.9. The van der Waals surface area contributed by atoms with Crippen molar-refractivity contribution in [2.75, 3.05) is 0 Å². The molecule has 0 unspecified atom stereocenters. The number of carboxylic acids is 1. The Morgan fingerprint density at radius 3 is 2.73 bits per heavy atom. The van der Waals surface area contributed by atoms with Crippen molar-refractivity contribution in [1.29, 1.82) is 0 Å². The molecule has 112 valence electrons. The number of aromatic nitrogens is 2. The lowest BCUT2D eigenvalue weighted by molar-refractivity contribution is -0.304. The standard InChI is InChI=1S/C15H11FN2O2S2/c1-8(15(19)20)22-14-12-11(6-21-13(12)17-7-18-14)9-2-4-10(16)5-3-9/h2-8H,1H3,(H,19,20)/p-1/t8-/m0/s1. The van der Waals surface area contributed by atoms with E-state index in [0.717, 1.165) is 33.1 Å². The number of benzene rings is 1. The van der Waals surface area contributed by atoms with Gasteiger partial charge in [0.25, 0.3) is 0 Å². The molecule has 2 aromatic heterocycles. The average Bonchev–Trinajstić information content (AvgIpc) is 2.93. The quantitative estimate of drug-likeness (QED) is 0.542. The highest BCUT2D eigenvalue weighted by molar-refractivity contribution is 8.00. The highest BCUT2D eigenvalue weighted by atomic mass is 32.2. The molecule has 3 rings (SSSR count). The molecule has 2 heterocycles. The topological polar surface area (TPSA) is 65.9 Å². The molecule has 0 radical (unpaired) electrons. The monoisotopic (exact) mass is 333 g/mol. The van der Waals surface area contributed by atoms with Crippen LogP contribution in [0, 0.1) is 5.82 Å². The number of thiophene rings is 1. The number of halogens is 1. The minimum Gasteiger partial charge on any atom is -0.549 e. The summed E-state index contributed by atoms with van der Waals surface area (Å²) in [5, 5.41) is 13.5. The van der Waals surface area contributed by atoms with Crippen molar-refractivity contribution in [2.45, 2.75) is 17.2 Å². The SMILES string of the molecule is C[C@H](Sc1ncnc2scc(-c3ccc(F)cc3)c12)C(=O)[O-]. The van der Waals surface area contributed by atoms with Gasteiger partial charge < -0.3 is 9.90 Å². The van der Waals surface area contributed by atoms with Gasteiger partial charge in [0.05, 0.1) is 11.4 Å². The van der Waals surface area contributed by atoms with Crippen LogP contribution in [-0.2, 0) is 4.79 Å². The Labute approximate surface area is 134 Å². The highest BCUT2D eigenvalue weighted by Crippen LogP contribution is 2.38. The van der Waals surface area contributed by atoms with Gasteiger partial charge in [-0.25, -0.2) is 14.4 Å². The summed E-state index contributed by atoms with van der Waals surface area (Å²) in [7, 11) is 0. The maximum Gasteiger partial charge on any atom is 0.128 e. The summed E-state index contributed by atoms with van der Waals surface area (Å²) in [5.74, 6) is -1.45. The second-order valence-electron chi connectivity index (χ2n) is 4.59. The first-order valence-corrected chi connectivity index (χ1v) is 8.18. The van der Waals surface area contributed by atoms with Gasteiger partial charge in [-0.05, 0) is 24.6 Å². The van der Waals surface area contributed by atoms with Crippen LogP contribution in [-0.4, -0.2) is 21.2 Å². The predicted octanol–water partition coefficient (Wildman–Crippen LogP) is 2.73. The van der Waals surface area contributed by atoms with Gasteiger partial charge >= 0.3 is 0 Å². The normalized spacial score (nSPS) is 12.5. The molecule has 0 bridgehead atoms. The molecule has 0 aliphatic rings. The second kappa shape index (κ2) is 6.02. The molecular weight excluding hydrogens is 323 g/mol. The van der Waals surface area contributed by atoms with Crippen molar-refractivity contribution in [2.24, 2.45) is 0 Å². The van der Waals surface area contributed by atoms with Crippen LogP contribution in [0.4, 0.5) is 4.39 Å². The Kier molecular flexibility index (Phi) is 4.08. The van der Waals surface area contributed by atoms with E-state index in [-0.39, 0.29) is 5.82 Å². The summed E-state index contributed by atoms with van der Waals surface area (Å²) < 4.78 is 13.1. The van der Waals surface area contributed by atoms with E-state index in [1.165, 1.54) is 29.8 Å². The minimum atomic E-state index is -1.14. The van der Waals surface area contributed by atoms with E-state index in [1.54, 1.807) is 19.1 Å². The number of thioether (sulfide) groups is 1. The van der Waals surface area contributed by atoms with Gasteiger partial charge in [0.2, 0.25) is 0 Å². The van der Waals surface area contributed by atoms with E-state index >= 15 is 0 Å². The lowest BCUT2D eigenvalue weighted by atomic mass is 10.1. The molecule has 3 aromatic rings. The number of carbonyl (C=O) groups excluding carboxylic acids is 1. The van der Waals surface area contributed by atoms with E-state index < -0.39 is 11.2 Å². The Hall–Kier alpha value is -1.99. The number of carbonyl (C=O) groups is 1. The van der Waals surface area contributed by atoms with Crippen molar-refractivity contribution in [3.05, 3.63) is 41.8 Å². The van der Waals surface area contributed by atoms with Crippen LogP contribution < -0.4 is 5.11 Å². The summed E-state index contributed by atoms with van der Waals surface area (Å²) in [5.41, 5.74) is 1.71. The van der Waals surface area contributed by atoms with Crippen molar-refractivity contribution in [1.82, 2.24) is 9.97 Å². The van der Waals surface area contributed by atoms with Crippen LogP contribution in [0.5, 0.6) is 0 Å². The van der Waals surface area contributed by atoms with Crippen LogP contribution in [0.3, 0.4) is 0 Å². The van der Waals surface area contributed by atoms with E-state index in [9.17, 15) is 14.3 Å². The maximum absolute atomic E-state index is 13.1. The summed E-state index contributed by atoms with van der Waals surface area (Å²) >= 11 is 2.56. The lowest BCUT2D eigenvalue weighted by Gasteiger charge is -2.12. The van der Waals surface area contributed by atoms with Crippen molar-refractivity contribution in [3.63, 3.8) is 0 Å². The van der Waals surface area contributed by atoms with Crippen molar-refractivity contribution in [3.8, 4) is 11.1 Å². The number of hydrogen-bond donors (Lipinski definition) is 0. The van der Waals surface area contributed by atoms with E-state index in [0.29, 0.717) is 5.03 Å². The van der Waals surface area contributed by atoms with Gasteiger partial charge in [-0.1, -0.05) is 23.9 Å². The van der Waals surface area contributed by atoms with Crippen LogP contribution in [0.1, 0.15) is 6.92 Å². The van der Waals surface area contributed by atoms with Crippen molar-refractivity contribution >= 4 is 39.3 Å². The lowest BCUT2D eigenvalue weighted by Crippen LogP contribution is -2.31. The molecule has 0 spiro atoms. The molecule has 0 aliphatic heterocycles. The number of hydrogen-bond acceptors (Lipinski definition) is 6. The molecule has 0 fully saturated rings. The molecular formula is C15H10FN2O2S2-. The fraction of sp³-hybridized carbons (Fsp3) is 0.133. The fourth-order valence-corrected chi connectivity index (χ4v) is 3.84. The van der Waals surface area contributed by atoms with Gasteiger partial charge in [0.1, 0.15) is 22.0 Å². The maximum atomic E-state index is 13.1. The number of carboxylic acid groups (broad SMARTS) is 1. The zero-order valence-electron chi connectivity index (χ0n) is 11.4. The number of rotatable bonds is 4. The molecule has 0 N–H and O–H groups in total. The molecule has 0 aliphatic carbocycles. The summed E-state index contributed by atoms with van der Waals surface area (Å²) in [4.78, 5) is 20.1. The number of nitrogens with zero attached hydrogens (tertiary/aromatic N) is 2. The Morgan fingerprint density at radius 2 is 2.05 bits per heavy atom. The molecule has 0 saturated heterocycles. The molecule has 0 amide bonds. The minimum absolute atomic E-state index is 0.306. The van der Waals surface area contributed by atoms with Crippen molar-refractivity contribution < 1.29 is 14.3 Å². The molecule has 1 atom stereocenters. The van der Waals surface area contributed by atoms with Gasteiger partial charge in [0.15, 0.2) is 0 Å². The molecule has 0 saturated carbocycles. The molecule has 7 heteroatoms. The summed E-state index contributed by atoms with van der Waals surface area (Å²) in [6.45, 7) is 1.55. The largest absolute Gasteiger partial charge is 0.549 e. The van der Waals surface area contributed by atoms with Crippen LogP contribution in [0.25, 0.3) is 21.3 Å². The smallest absolute Gasteiger partial charge is 0.128 e. The van der Waals surface area contributed by atoms with E-state index in [4.69, 9.17) is 0 Å². The Morgan fingerprint density at radius 1 is 1.32 bits per heavy atom. The van der Waals surface area contributed by atoms with E-state index in [2.05, 4.69) is 9.97 Å². The third-order valence-corrected chi connectivity index (χ3v) is 5.08. The Balaban J connectivity index is 2.12. The highest BCUT2D eigenvalue weighted by Gasteiger charge is 2.16. The van der Waals surface area contributed by atoms with Gasteiger partial charge in [-0.3, -0.25) is 0 Å². The zero-order valence-corrected chi connectivity index (χ0v) is 13.1. The van der Waals surface area contributed by atoms with Gasteiger partial charge in [-0.15, -0.1) is 11.3 Å². The zero-order chi connectivity index (χ0) is 15.7. The molecule has 4 nitrogen and oxygen atoms in total. The first-order chi connectivity index (χ1) is 10.6. The van der Waals surface area contributed by atoms with Crippen LogP contribution in [0.15, 0.2) is 41.0 Å². The fourth-order valence-electron chi connectivity index (χ4n) is 1.99. The van der Waals surface area contributed by atoms with E-state index in [1.807, 2.05) is 5.38 Å². The predicted molar refractivity (Wildman–Crippen MR) is 83.1 cm³/mol.